The molecule has 2 aromatic rings. The minimum Gasteiger partial charge on any atom is -0.244 e. The van der Waals surface area contributed by atoms with E-state index in [0.29, 0.717) is 5.15 Å². The predicted octanol–water partition coefficient (Wildman–Crippen LogP) is 3.45. The van der Waals surface area contributed by atoms with Gasteiger partial charge in [-0.25, -0.2) is 4.98 Å². The van der Waals surface area contributed by atoms with Gasteiger partial charge in [0.25, 0.3) is 0 Å². The Bertz CT molecular complexity index is 437. The second-order valence-corrected chi connectivity index (χ2v) is 3.37. The van der Waals surface area contributed by atoms with Gasteiger partial charge in [0.05, 0.1) is 0 Å². The summed E-state index contributed by atoms with van der Waals surface area (Å²) in [5.74, 6) is 0. The predicted molar refractivity (Wildman–Crippen MR) is 56.1 cm³/mol. The maximum absolute atomic E-state index is 5.97. The Balaban J connectivity index is 2.74. The van der Waals surface area contributed by atoms with E-state index in [1.807, 2.05) is 6.07 Å². The Hall–Kier alpha value is -1.08. The number of hydrogen-bond donors (Lipinski definition) is 0. The number of halogens is 1. The average molecular weight is 192 g/mol. The summed E-state index contributed by atoms with van der Waals surface area (Å²) in [5, 5.41) is 2.79. The number of aromatic nitrogens is 1. The molecule has 2 rings (SSSR count). The molecule has 1 aromatic carbocycles. The number of rotatable bonds is 1. The summed E-state index contributed by atoms with van der Waals surface area (Å²) in [6, 6.07) is 8.28. The highest BCUT2D eigenvalue weighted by atomic mass is 35.5. The fraction of sp³-hybridized carbons (Fsp3) is 0.182. The fourth-order valence-corrected chi connectivity index (χ4v) is 1.62. The second-order valence-electron chi connectivity index (χ2n) is 3.01. The topological polar surface area (TPSA) is 12.9 Å². The third kappa shape index (κ3) is 1.52. The Morgan fingerprint density at radius 1 is 1.31 bits per heavy atom. The van der Waals surface area contributed by atoms with Crippen molar-refractivity contribution in [1.29, 1.82) is 0 Å². The summed E-state index contributed by atoms with van der Waals surface area (Å²) < 4.78 is 0. The molecule has 0 saturated heterocycles. The van der Waals surface area contributed by atoms with Crippen LogP contribution in [0.15, 0.2) is 30.5 Å². The van der Waals surface area contributed by atoms with E-state index in [2.05, 4.69) is 30.1 Å². The third-order valence-electron chi connectivity index (χ3n) is 2.19. The van der Waals surface area contributed by atoms with Crippen LogP contribution in [-0.2, 0) is 6.42 Å². The maximum Gasteiger partial charge on any atom is 0.136 e. The maximum atomic E-state index is 5.97. The molecule has 13 heavy (non-hydrogen) atoms. The number of hydrogen-bond acceptors (Lipinski definition) is 1. The largest absolute Gasteiger partial charge is 0.244 e. The minimum atomic E-state index is 0.591. The molecular formula is C11H10ClN. The van der Waals surface area contributed by atoms with Gasteiger partial charge in [-0.2, -0.15) is 0 Å². The molecule has 1 nitrogen and oxygen atoms in total. The van der Waals surface area contributed by atoms with Gasteiger partial charge in [0.2, 0.25) is 0 Å². The smallest absolute Gasteiger partial charge is 0.136 e. The molecule has 0 amide bonds. The standard InChI is InChI=1S/C11H10ClN/c1-2-8-3-4-9-5-6-13-11(12)10(9)7-8/h3-7H,2H2,1H3. The average Bonchev–Trinajstić information content (AvgIpc) is 2.18. The SMILES string of the molecule is CCc1ccc2ccnc(Cl)c2c1. The number of fused-ring (bicyclic) bond motifs is 1. The van der Waals surface area contributed by atoms with Gasteiger partial charge < -0.3 is 0 Å². The quantitative estimate of drug-likeness (QED) is 0.630. The first-order chi connectivity index (χ1) is 6.31. The molecule has 0 fully saturated rings. The van der Waals surface area contributed by atoms with E-state index in [9.17, 15) is 0 Å². The summed E-state index contributed by atoms with van der Waals surface area (Å²) >= 11 is 5.97. The van der Waals surface area contributed by atoms with Crippen molar-refractivity contribution in [2.24, 2.45) is 0 Å². The lowest BCUT2D eigenvalue weighted by Crippen LogP contribution is -1.82. The first kappa shape index (κ1) is 8.52. The summed E-state index contributed by atoms with van der Waals surface area (Å²) in [6.45, 7) is 2.13. The molecule has 0 aliphatic rings. The van der Waals surface area contributed by atoms with Crippen LogP contribution in [0.25, 0.3) is 10.8 Å². The van der Waals surface area contributed by atoms with Crippen LogP contribution in [0.1, 0.15) is 12.5 Å². The molecule has 0 aliphatic heterocycles. The molecule has 0 spiro atoms. The number of nitrogens with zero attached hydrogens (tertiary/aromatic N) is 1. The highest BCUT2D eigenvalue weighted by Crippen LogP contribution is 2.22. The van der Waals surface area contributed by atoms with Crippen molar-refractivity contribution in [2.75, 3.05) is 0 Å². The van der Waals surface area contributed by atoms with Gasteiger partial charge in [0.1, 0.15) is 5.15 Å². The van der Waals surface area contributed by atoms with Crippen LogP contribution in [0.5, 0.6) is 0 Å². The van der Waals surface area contributed by atoms with Crippen molar-refractivity contribution < 1.29 is 0 Å². The lowest BCUT2D eigenvalue weighted by atomic mass is 10.1. The zero-order valence-electron chi connectivity index (χ0n) is 7.42. The van der Waals surface area contributed by atoms with Crippen molar-refractivity contribution in [3.8, 4) is 0 Å². The lowest BCUT2D eigenvalue weighted by molar-refractivity contribution is 1.14. The van der Waals surface area contributed by atoms with E-state index in [0.717, 1.165) is 17.2 Å². The molecule has 0 atom stereocenters. The Morgan fingerprint density at radius 2 is 2.15 bits per heavy atom. The van der Waals surface area contributed by atoms with Crippen LogP contribution < -0.4 is 0 Å². The van der Waals surface area contributed by atoms with Gasteiger partial charge in [-0.05, 0) is 29.5 Å². The summed E-state index contributed by atoms with van der Waals surface area (Å²) in [4.78, 5) is 4.05. The normalized spacial score (nSPS) is 10.6. The number of benzene rings is 1. The molecule has 0 saturated carbocycles. The van der Waals surface area contributed by atoms with Crippen molar-refractivity contribution >= 4 is 22.4 Å². The van der Waals surface area contributed by atoms with E-state index in [1.54, 1.807) is 6.20 Å². The van der Waals surface area contributed by atoms with Crippen LogP contribution in [0.3, 0.4) is 0 Å². The van der Waals surface area contributed by atoms with Crippen LogP contribution >= 0.6 is 11.6 Å². The zero-order valence-corrected chi connectivity index (χ0v) is 8.17. The Kier molecular flexibility index (Phi) is 2.19. The lowest BCUT2D eigenvalue weighted by Gasteiger charge is -2.01. The van der Waals surface area contributed by atoms with Crippen LogP contribution in [-0.4, -0.2) is 4.98 Å². The third-order valence-corrected chi connectivity index (χ3v) is 2.49. The number of aryl methyl sites for hydroxylation is 1. The fourth-order valence-electron chi connectivity index (χ4n) is 1.40. The van der Waals surface area contributed by atoms with Crippen LogP contribution in [0.4, 0.5) is 0 Å². The minimum absolute atomic E-state index is 0.591. The van der Waals surface area contributed by atoms with Crippen LogP contribution in [0.2, 0.25) is 5.15 Å². The van der Waals surface area contributed by atoms with Gasteiger partial charge in [-0.15, -0.1) is 0 Å². The Labute approximate surface area is 82.4 Å². The molecule has 2 heteroatoms. The van der Waals surface area contributed by atoms with E-state index in [4.69, 9.17) is 11.6 Å². The molecule has 0 bridgehead atoms. The van der Waals surface area contributed by atoms with Gasteiger partial charge in [-0.1, -0.05) is 30.7 Å². The highest BCUT2D eigenvalue weighted by molar-refractivity contribution is 6.34. The van der Waals surface area contributed by atoms with Gasteiger partial charge in [0.15, 0.2) is 0 Å². The molecule has 1 heterocycles. The van der Waals surface area contributed by atoms with Crippen molar-refractivity contribution in [3.05, 3.63) is 41.2 Å². The number of pyridine rings is 1. The van der Waals surface area contributed by atoms with E-state index in [1.165, 1.54) is 5.56 Å². The first-order valence-electron chi connectivity index (χ1n) is 4.34. The van der Waals surface area contributed by atoms with Crippen LogP contribution in [0, 0.1) is 0 Å². The van der Waals surface area contributed by atoms with E-state index < -0.39 is 0 Å². The van der Waals surface area contributed by atoms with Crippen molar-refractivity contribution in [2.45, 2.75) is 13.3 Å². The molecule has 66 valence electrons. The van der Waals surface area contributed by atoms with E-state index >= 15 is 0 Å². The van der Waals surface area contributed by atoms with E-state index in [-0.39, 0.29) is 0 Å². The molecular weight excluding hydrogens is 182 g/mol. The second kappa shape index (κ2) is 3.35. The zero-order chi connectivity index (χ0) is 9.26. The Morgan fingerprint density at radius 3 is 2.92 bits per heavy atom. The van der Waals surface area contributed by atoms with Crippen molar-refractivity contribution in [3.63, 3.8) is 0 Å². The molecule has 1 aromatic heterocycles. The molecule has 0 N–H and O–H groups in total. The summed E-state index contributed by atoms with van der Waals surface area (Å²) in [6.07, 6.45) is 2.76. The monoisotopic (exact) mass is 191 g/mol. The van der Waals surface area contributed by atoms with Gasteiger partial charge in [0, 0.05) is 11.6 Å². The summed E-state index contributed by atoms with van der Waals surface area (Å²) in [7, 11) is 0. The van der Waals surface area contributed by atoms with Gasteiger partial charge in [-0.3, -0.25) is 0 Å². The summed E-state index contributed by atoms with van der Waals surface area (Å²) in [5.41, 5.74) is 1.29. The molecule has 0 radical (unpaired) electrons. The first-order valence-corrected chi connectivity index (χ1v) is 4.72. The van der Waals surface area contributed by atoms with Gasteiger partial charge >= 0.3 is 0 Å². The molecule has 0 aliphatic carbocycles. The van der Waals surface area contributed by atoms with Crippen molar-refractivity contribution in [1.82, 2.24) is 4.98 Å². The molecule has 0 unspecified atom stereocenters. The highest BCUT2D eigenvalue weighted by Gasteiger charge is 1.99.